The first-order valence-corrected chi connectivity index (χ1v) is 9.16. The molecule has 0 fully saturated rings. The van der Waals surface area contributed by atoms with Crippen molar-refractivity contribution in [2.45, 2.75) is 32.8 Å². The minimum absolute atomic E-state index is 0.0752. The molecule has 0 unspecified atom stereocenters. The van der Waals surface area contributed by atoms with Crippen LogP contribution in [0.4, 0.5) is 0 Å². The van der Waals surface area contributed by atoms with Crippen LogP contribution in [0.25, 0.3) is 11.1 Å². The molecule has 0 saturated heterocycles. The highest BCUT2D eigenvalue weighted by atomic mass is 79.9. The zero-order chi connectivity index (χ0) is 17.9. The second kappa shape index (κ2) is 7.40. The average molecular weight is 396 g/mol. The molecule has 3 heteroatoms. The zero-order valence-electron chi connectivity index (χ0n) is 14.8. The maximum Gasteiger partial charge on any atom is 0.221 e. The Balaban J connectivity index is 1.94. The number of pyridine rings is 1. The third-order valence-corrected chi connectivity index (χ3v) is 4.52. The van der Waals surface area contributed by atoms with Crippen molar-refractivity contribution < 1.29 is 4.74 Å². The molecule has 0 N–H and O–H groups in total. The highest BCUT2D eigenvalue weighted by molar-refractivity contribution is 9.10. The van der Waals surface area contributed by atoms with E-state index in [0.29, 0.717) is 12.5 Å². The van der Waals surface area contributed by atoms with Gasteiger partial charge in [0.15, 0.2) is 0 Å². The van der Waals surface area contributed by atoms with Gasteiger partial charge in [0.1, 0.15) is 6.61 Å². The molecule has 0 aliphatic heterocycles. The number of benzene rings is 2. The van der Waals surface area contributed by atoms with Gasteiger partial charge in [-0.2, -0.15) is 0 Å². The second-order valence-electron chi connectivity index (χ2n) is 7.11. The van der Waals surface area contributed by atoms with Gasteiger partial charge in [0.05, 0.1) is 0 Å². The first-order valence-electron chi connectivity index (χ1n) is 8.37. The van der Waals surface area contributed by atoms with Crippen LogP contribution in [0.1, 0.15) is 31.9 Å². The Morgan fingerprint density at radius 3 is 2.44 bits per heavy atom. The Labute approximate surface area is 158 Å². The van der Waals surface area contributed by atoms with Gasteiger partial charge in [0.25, 0.3) is 0 Å². The van der Waals surface area contributed by atoms with Crippen LogP contribution in [-0.2, 0) is 12.0 Å². The Morgan fingerprint density at radius 1 is 0.960 bits per heavy atom. The zero-order valence-corrected chi connectivity index (χ0v) is 16.4. The lowest BCUT2D eigenvalue weighted by atomic mass is 9.85. The minimum atomic E-state index is 0.0752. The molecular weight excluding hydrogens is 374 g/mol. The number of nitrogens with zero attached hydrogens (tertiary/aromatic N) is 1. The average Bonchev–Trinajstić information content (AvgIpc) is 2.60. The van der Waals surface area contributed by atoms with Crippen LogP contribution in [0.3, 0.4) is 0 Å². The maximum absolute atomic E-state index is 6.02. The molecule has 0 bridgehead atoms. The maximum atomic E-state index is 6.02. The molecule has 2 aromatic carbocycles. The Morgan fingerprint density at radius 2 is 1.72 bits per heavy atom. The number of aromatic nitrogens is 1. The molecule has 128 valence electrons. The lowest BCUT2D eigenvalue weighted by Crippen LogP contribution is -2.11. The summed E-state index contributed by atoms with van der Waals surface area (Å²) in [5.74, 6) is 0.657. The van der Waals surface area contributed by atoms with Crippen molar-refractivity contribution in [3.05, 3.63) is 82.5 Å². The van der Waals surface area contributed by atoms with Crippen LogP contribution in [0.5, 0.6) is 5.88 Å². The SMILES string of the molecule is CC(C)(C)c1cc(Br)cc(-c2cccnc2OCc2ccccc2)c1. The van der Waals surface area contributed by atoms with Crippen molar-refractivity contribution in [2.75, 3.05) is 0 Å². The summed E-state index contributed by atoms with van der Waals surface area (Å²) in [6.07, 6.45) is 1.77. The predicted molar refractivity (Wildman–Crippen MR) is 107 cm³/mol. The predicted octanol–water partition coefficient (Wildman–Crippen LogP) is 6.39. The van der Waals surface area contributed by atoms with Gasteiger partial charge < -0.3 is 4.74 Å². The number of hydrogen-bond acceptors (Lipinski definition) is 2. The number of halogens is 1. The van der Waals surface area contributed by atoms with E-state index in [1.54, 1.807) is 6.20 Å². The van der Waals surface area contributed by atoms with E-state index in [2.05, 4.69) is 78.1 Å². The smallest absolute Gasteiger partial charge is 0.221 e. The fraction of sp³-hybridized carbons (Fsp3) is 0.227. The largest absolute Gasteiger partial charge is 0.472 e. The van der Waals surface area contributed by atoms with Crippen molar-refractivity contribution in [1.82, 2.24) is 4.98 Å². The Bertz CT molecular complexity index is 853. The van der Waals surface area contributed by atoms with Crippen molar-refractivity contribution in [3.8, 4) is 17.0 Å². The third-order valence-electron chi connectivity index (χ3n) is 4.06. The standard InChI is InChI=1S/C22H22BrNO/c1-22(2,3)18-12-17(13-19(23)14-18)20-10-7-11-24-21(20)25-15-16-8-5-4-6-9-16/h4-14H,15H2,1-3H3. The van der Waals surface area contributed by atoms with Crippen LogP contribution < -0.4 is 4.74 Å². The van der Waals surface area contributed by atoms with Crippen LogP contribution in [0, 0.1) is 0 Å². The molecule has 25 heavy (non-hydrogen) atoms. The van der Waals surface area contributed by atoms with Gasteiger partial charge >= 0.3 is 0 Å². The highest BCUT2D eigenvalue weighted by Crippen LogP contribution is 2.34. The molecule has 1 heterocycles. The summed E-state index contributed by atoms with van der Waals surface area (Å²) in [7, 11) is 0. The normalized spacial score (nSPS) is 11.4. The summed E-state index contributed by atoms with van der Waals surface area (Å²) in [6, 6.07) is 20.7. The van der Waals surface area contributed by atoms with Crippen LogP contribution in [0.2, 0.25) is 0 Å². The molecule has 0 aliphatic carbocycles. The summed E-state index contributed by atoms with van der Waals surface area (Å²) in [5, 5.41) is 0. The molecule has 0 radical (unpaired) electrons. The molecule has 0 aliphatic rings. The first kappa shape index (κ1) is 17.7. The third kappa shape index (κ3) is 4.49. The lowest BCUT2D eigenvalue weighted by Gasteiger charge is -2.21. The van der Waals surface area contributed by atoms with E-state index < -0.39 is 0 Å². The monoisotopic (exact) mass is 395 g/mol. The van der Waals surface area contributed by atoms with Gasteiger partial charge in [-0.3, -0.25) is 0 Å². The van der Waals surface area contributed by atoms with E-state index in [9.17, 15) is 0 Å². The number of ether oxygens (including phenoxy) is 1. The van der Waals surface area contributed by atoms with Crippen LogP contribution in [0.15, 0.2) is 71.3 Å². The number of hydrogen-bond donors (Lipinski definition) is 0. The van der Waals surface area contributed by atoms with E-state index in [1.165, 1.54) is 5.56 Å². The molecular formula is C22H22BrNO. The molecule has 2 nitrogen and oxygen atoms in total. The molecule has 3 rings (SSSR count). The van der Waals surface area contributed by atoms with Gasteiger partial charge in [0, 0.05) is 16.2 Å². The summed E-state index contributed by atoms with van der Waals surface area (Å²) < 4.78 is 7.08. The van der Waals surface area contributed by atoms with Crippen molar-refractivity contribution in [3.63, 3.8) is 0 Å². The van der Waals surface area contributed by atoms with E-state index in [1.807, 2.05) is 24.3 Å². The van der Waals surface area contributed by atoms with Gasteiger partial charge in [-0.25, -0.2) is 4.98 Å². The number of rotatable bonds is 4. The molecule has 0 atom stereocenters. The molecule has 0 spiro atoms. The summed E-state index contributed by atoms with van der Waals surface area (Å²) in [6.45, 7) is 7.16. The van der Waals surface area contributed by atoms with Gasteiger partial charge in [-0.15, -0.1) is 0 Å². The molecule has 0 amide bonds. The van der Waals surface area contributed by atoms with Crippen LogP contribution in [-0.4, -0.2) is 4.98 Å². The Hall–Kier alpha value is -2.13. The quantitative estimate of drug-likeness (QED) is 0.510. The summed E-state index contributed by atoms with van der Waals surface area (Å²) in [4.78, 5) is 4.45. The van der Waals surface area contributed by atoms with Crippen molar-refractivity contribution >= 4 is 15.9 Å². The Kier molecular flexibility index (Phi) is 5.24. The van der Waals surface area contributed by atoms with Crippen LogP contribution >= 0.6 is 15.9 Å². The van der Waals surface area contributed by atoms with E-state index in [0.717, 1.165) is 21.2 Å². The highest BCUT2D eigenvalue weighted by Gasteiger charge is 2.17. The first-order chi connectivity index (χ1) is 11.9. The fourth-order valence-electron chi connectivity index (χ4n) is 2.63. The van der Waals surface area contributed by atoms with E-state index in [-0.39, 0.29) is 5.41 Å². The lowest BCUT2D eigenvalue weighted by molar-refractivity contribution is 0.295. The van der Waals surface area contributed by atoms with Crippen molar-refractivity contribution in [1.29, 1.82) is 0 Å². The second-order valence-corrected chi connectivity index (χ2v) is 8.02. The molecule has 0 saturated carbocycles. The summed E-state index contributed by atoms with van der Waals surface area (Å²) >= 11 is 3.64. The fourth-order valence-corrected chi connectivity index (χ4v) is 3.12. The van der Waals surface area contributed by atoms with Gasteiger partial charge in [-0.05, 0) is 46.4 Å². The topological polar surface area (TPSA) is 22.1 Å². The molecule has 1 aromatic heterocycles. The molecule has 3 aromatic rings. The summed E-state index contributed by atoms with van der Waals surface area (Å²) in [5.41, 5.74) is 4.59. The van der Waals surface area contributed by atoms with Gasteiger partial charge in [0.2, 0.25) is 5.88 Å². The van der Waals surface area contributed by atoms with Crippen molar-refractivity contribution in [2.24, 2.45) is 0 Å². The van der Waals surface area contributed by atoms with Gasteiger partial charge in [-0.1, -0.05) is 73.1 Å². The minimum Gasteiger partial charge on any atom is -0.472 e. The van der Waals surface area contributed by atoms with E-state index >= 15 is 0 Å². The van der Waals surface area contributed by atoms with E-state index in [4.69, 9.17) is 4.74 Å².